The van der Waals surface area contributed by atoms with Crippen molar-refractivity contribution in [3.05, 3.63) is 60.8 Å². The summed E-state index contributed by atoms with van der Waals surface area (Å²) in [6.07, 6.45) is 24.6. The summed E-state index contributed by atoms with van der Waals surface area (Å²) >= 11 is 0. The molecule has 0 rings (SSSR count). The van der Waals surface area contributed by atoms with Crippen LogP contribution in [0.1, 0.15) is 51.9 Å². The summed E-state index contributed by atoms with van der Waals surface area (Å²) < 4.78 is 0. The summed E-state index contributed by atoms with van der Waals surface area (Å²) in [5, 5.41) is 18.2. The number of carboxylic acid groups (broad SMARTS) is 1. The van der Waals surface area contributed by atoms with Crippen molar-refractivity contribution in [2.45, 2.75) is 58.0 Å². The Bertz CT molecular complexity index is 428. The molecule has 0 heterocycles. The number of carbonyl (C=O) groups is 1. The van der Waals surface area contributed by atoms with E-state index in [1.807, 2.05) is 36.5 Å². The van der Waals surface area contributed by atoms with E-state index in [0.717, 1.165) is 25.7 Å². The van der Waals surface area contributed by atoms with Gasteiger partial charge < -0.3 is 10.2 Å². The number of carboxylic acids is 1. The van der Waals surface area contributed by atoms with Crippen LogP contribution in [-0.4, -0.2) is 22.3 Å². The summed E-state index contributed by atoms with van der Waals surface area (Å²) in [5.74, 6) is -0.743. The van der Waals surface area contributed by atoms with Gasteiger partial charge in [0.25, 0.3) is 0 Å². The summed E-state index contributed by atoms with van der Waals surface area (Å²) in [4.78, 5) is 10.3. The van der Waals surface area contributed by atoms with Crippen LogP contribution in [0.2, 0.25) is 0 Å². The average molecular weight is 318 g/mol. The van der Waals surface area contributed by atoms with E-state index in [1.165, 1.54) is 0 Å². The SMILES string of the molecule is CCC=CCC=CC=C[C@@H](O)CC=CCC=CCCCC(=O)O. The van der Waals surface area contributed by atoms with Crippen LogP contribution in [0.15, 0.2) is 60.8 Å². The highest BCUT2D eigenvalue weighted by molar-refractivity contribution is 5.66. The zero-order valence-corrected chi connectivity index (χ0v) is 14.1. The Balaban J connectivity index is 3.67. The van der Waals surface area contributed by atoms with Crippen LogP contribution >= 0.6 is 0 Å². The predicted octanol–water partition coefficient (Wildman–Crippen LogP) is 4.96. The van der Waals surface area contributed by atoms with Gasteiger partial charge in [-0.3, -0.25) is 4.79 Å². The summed E-state index contributed by atoms with van der Waals surface area (Å²) in [6, 6.07) is 0. The number of hydrogen-bond acceptors (Lipinski definition) is 2. The summed E-state index contributed by atoms with van der Waals surface area (Å²) in [5.41, 5.74) is 0. The number of aliphatic carboxylic acids is 1. The third-order valence-electron chi connectivity index (χ3n) is 3.00. The minimum Gasteiger partial charge on any atom is -0.481 e. The fourth-order valence-corrected chi connectivity index (χ4v) is 1.77. The van der Waals surface area contributed by atoms with E-state index < -0.39 is 12.1 Å². The molecular weight excluding hydrogens is 288 g/mol. The van der Waals surface area contributed by atoms with E-state index in [4.69, 9.17) is 5.11 Å². The maximum Gasteiger partial charge on any atom is 0.303 e. The topological polar surface area (TPSA) is 57.5 Å². The first kappa shape index (κ1) is 21.1. The smallest absolute Gasteiger partial charge is 0.303 e. The summed E-state index contributed by atoms with van der Waals surface area (Å²) in [7, 11) is 0. The van der Waals surface area contributed by atoms with E-state index in [1.54, 1.807) is 6.08 Å². The highest BCUT2D eigenvalue weighted by atomic mass is 16.4. The van der Waals surface area contributed by atoms with Crippen molar-refractivity contribution < 1.29 is 15.0 Å². The molecule has 0 aromatic rings. The molecule has 0 aromatic carbocycles. The zero-order chi connectivity index (χ0) is 17.2. The molecular formula is C20H30O3. The lowest BCUT2D eigenvalue weighted by molar-refractivity contribution is -0.137. The highest BCUT2D eigenvalue weighted by Gasteiger charge is 1.93. The maximum atomic E-state index is 10.3. The van der Waals surface area contributed by atoms with E-state index in [9.17, 15) is 9.90 Å². The van der Waals surface area contributed by atoms with Crippen LogP contribution in [0.3, 0.4) is 0 Å². The van der Waals surface area contributed by atoms with E-state index in [-0.39, 0.29) is 6.42 Å². The molecule has 0 fully saturated rings. The lowest BCUT2D eigenvalue weighted by Gasteiger charge is -1.98. The van der Waals surface area contributed by atoms with E-state index >= 15 is 0 Å². The molecule has 3 heteroatoms. The first-order chi connectivity index (χ1) is 11.2. The molecule has 23 heavy (non-hydrogen) atoms. The normalized spacial score (nSPS) is 14.2. The van der Waals surface area contributed by atoms with Gasteiger partial charge >= 0.3 is 5.97 Å². The average Bonchev–Trinajstić information content (AvgIpc) is 2.52. The van der Waals surface area contributed by atoms with Gasteiger partial charge in [0.1, 0.15) is 0 Å². The molecule has 128 valence electrons. The Morgan fingerprint density at radius 2 is 1.65 bits per heavy atom. The molecule has 3 nitrogen and oxygen atoms in total. The Morgan fingerprint density at radius 3 is 2.39 bits per heavy atom. The number of rotatable bonds is 13. The number of aliphatic hydroxyl groups excluding tert-OH is 1. The highest BCUT2D eigenvalue weighted by Crippen LogP contribution is 2.00. The molecule has 0 bridgehead atoms. The molecule has 0 saturated heterocycles. The van der Waals surface area contributed by atoms with Gasteiger partial charge in [0.2, 0.25) is 0 Å². The van der Waals surface area contributed by atoms with Crippen molar-refractivity contribution in [2.75, 3.05) is 0 Å². The molecule has 0 unspecified atom stereocenters. The fraction of sp³-hybridized carbons (Fsp3) is 0.450. The Hall–Kier alpha value is -1.87. The van der Waals surface area contributed by atoms with Gasteiger partial charge in [-0.1, -0.05) is 67.7 Å². The van der Waals surface area contributed by atoms with Gasteiger partial charge in [0.05, 0.1) is 6.10 Å². The van der Waals surface area contributed by atoms with Crippen molar-refractivity contribution in [2.24, 2.45) is 0 Å². The Morgan fingerprint density at radius 1 is 0.957 bits per heavy atom. The van der Waals surface area contributed by atoms with Gasteiger partial charge in [-0.25, -0.2) is 0 Å². The van der Waals surface area contributed by atoms with Crippen LogP contribution in [0, 0.1) is 0 Å². The van der Waals surface area contributed by atoms with Crippen molar-refractivity contribution >= 4 is 5.97 Å². The van der Waals surface area contributed by atoms with Crippen molar-refractivity contribution in [3.63, 3.8) is 0 Å². The monoisotopic (exact) mass is 318 g/mol. The Labute approximate surface area is 140 Å². The van der Waals surface area contributed by atoms with Gasteiger partial charge in [0.15, 0.2) is 0 Å². The number of hydrogen-bond donors (Lipinski definition) is 2. The second-order valence-corrected chi connectivity index (χ2v) is 5.20. The minimum absolute atomic E-state index is 0.224. The zero-order valence-electron chi connectivity index (χ0n) is 14.1. The number of aliphatic hydroxyl groups is 1. The first-order valence-electron chi connectivity index (χ1n) is 8.35. The van der Waals surface area contributed by atoms with Crippen molar-refractivity contribution in [3.8, 4) is 0 Å². The molecule has 2 N–H and O–H groups in total. The molecule has 0 saturated carbocycles. The first-order valence-corrected chi connectivity index (χ1v) is 8.35. The largest absolute Gasteiger partial charge is 0.481 e. The van der Waals surface area contributed by atoms with Crippen LogP contribution in [0.25, 0.3) is 0 Å². The van der Waals surface area contributed by atoms with Gasteiger partial charge in [0, 0.05) is 6.42 Å². The minimum atomic E-state index is -0.743. The lowest BCUT2D eigenvalue weighted by Crippen LogP contribution is -1.98. The molecule has 0 radical (unpaired) electrons. The molecule has 0 amide bonds. The fourth-order valence-electron chi connectivity index (χ4n) is 1.77. The third kappa shape index (κ3) is 18.1. The van der Waals surface area contributed by atoms with E-state index in [0.29, 0.717) is 12.8 Å². The number of allylic oxidation sites excluding steroid dienone is 8. The molecule has 0 aliphatic carbocycles. The number of unbranched alkanes of at least 4 members (excludes halogenated alkanes) is 1. The van der Waals surface area contributed by atoms with Crippen LogP contribution < -0.4 is 0 Å². The lowest BCUT2D eigenvalue weighted by atomic mass is 10.2. The quantitative estimate of drug-likeness (QED) is 0.286. The van der Waals surface area contributed by atoms with Crippen LogP contribution in [0.5, 0.6) is 0 Å². The van der Waals surface area contributed by atoms with Crippen LogP contribution in [-0.2, 0) is 4.79 Å². The van der Waals surface area contributed by atoms with Crippen molar-refractivity contribution in [1.29, 1.82) is 0 Å². The molecule has 1 atom stereocenters. The van der Waals surface area contributed by atoms with Crippen molar-refractivity contribution in [1.82, 2.24) is 0 Å². The second-order valence-electron chi connectivity index (χ2n) is 5.20. The van der Waals surface area contributed by atoms with Gasteiger partial charge in [-0.2, -0.15) is 0 Å². The van der Waals surface area contributed by atoms with E-state index in [2.05, 4.69) is 25.2 Å². The molecule has 0 aliphatic heterocycles. The standard InChI is InChI=1S/C20H30O3/c1-2-3-4-5-7-10-13-16-19(21)17-14-11-8-6-9-12-15-18-20(22)23/h3-4,6-7,9-11,13-14,16,19,21H,2,5,8,12,15,17-18H2,1H3,(H,22,23)/t19-/m1/s1. The predicted molar refractivity (Wildman–Crippen MR) is 97.3 cm³/mol. The van der Waals surface area contributed by atoms with Gasteiger partial charge in [-0.05, 0) is 38.5 Å². The van der Waals surface area contributed by atoms with Gasteiger partial charge in [-0.15, -0.1) is 0 Å². The summed E-state index contributed by atoms with van der Waals surface area (Å²) in [6.45, 7) is 2.11. The molecule has 0 spiro atoms. The third-order valence-corrected chi connectivity index (χ3v) is 3.00. The second kappa shape index (κ2) is 16.5. The Kier molecular flexibility index (Phi) is 15.2. The maximum absolute atomic E-state index is 10.3. The molecule has 0 aliphatic rings. The molecule has 0 aromatic heterocycles. The van der Waals surface area contributed by atoms with Crippen LogP contribution in [0.4, 0.5) is 0 Å².